The van der Waals surface area contributed by atoms with Gasteiger partial charge in [0.1, 0.15) is 5.75 Å². The number of aryl methyl sites for hydroxylation is 1. The standard InChI is InChI=1S/C20H20N4O3S2/c1-13-8-10-15(11-9-13)21-18(26)14(2)28-20-24-23-19(29-20)22-17(25)12-27-16-6-4-3-5-7-16/h3-11,14H,12H2,1-2H3,(H,21,26)(H,22,23,25). The van der Waals surface area contributed by atoms with Gasteiger partial charge in [0.25, 0.3) is 5.91 Å². The van der Waals surface area contributed by atoms with Crippen LogP contribution in [0.1, 0.15) is 12.5 Å². The predicted octanol–water partition coefficient (Wildman–Crippen LogP) is 3.98. The van der Waals surface area contributed by atoms with Gasteiger partial charge in [-0.3, -0.25) is 14.9 Å². The van der Waals surface area contributed by atoms with Crippen molar-refractivity contribution in [3.63, 3.8) is 0 Å². The Balaban J connectivity index is 1.46. The highest BCUT2D eigenvalue weighted by atomic mass is 32.2. The molecule has 150 valence electrons. The number of ether oxygens (including phenoxy) is 1. The van der Waals surface area contributed by atoms with Gasteiger partial charge < -0.3 is 10.1 Å². The number of hydrogen-bond acceptors (Lipinski definition) is 7. The smallest absolute Gasteiger partial charge is 0.264 e. The number of amides is 2. The molecule has 0 spiro atoms. The van der Waals surface area contributed by atoms with Crippen molar-refractivity contribution < 1.29 is 14.3 Å². The highest BCUT2D eigenvalue weighted by Gasteiger charge is 2.18. The Kier molecular flexibility index (Phi) is 7.20. The summed E-state index contributed by atoms with van der Waals surface area (Å²) in [5.74, 6) is 0.159. The van der Waals surface area contributed by atoms with Crippen LogP contribution in [-0.4, -0.2) is 33.9 Å². The number of para-hydroxylation sites is 1. The summed E-state index contributed by atoms with van der Waals surface area (Å²) in [5.41, 5.74) is 1.87. The van der Waals surface area contributed by atoms with Gasteiger partial charge in [-0.05, 0) is 38.1 Å². The molecule has 9 heteroatoms. The first-order valence-corrected chi connectivity index (χ1v) is 10.5. The molecule has 0 saturated carbocycles. The molecule has 29 heavy (non-hydrogen) atoms. The Bertz CT molecular complexity index is 961. The summed E-state index contributed by atoms with van der Waals surface area (Å²) in [7, 11) is 0. The van der Waals surface area contributed by atoms with Gasteiger partial charge in [-0.15, -0.1) is 10.2 Å². The van der Waals surface area contributed by atoms with Crippen LogP contribution in [0.3, 0.4) is 0 Å². The number of benzene rings is 2. The Morgan fingerprint density at radius 3 is 2.52 bits per heavy atom. The first kappa shape index (κ1) is 20.8. The maximum Gasteiger partial charge on any atom is 0.264 e. The van der Waals surface area contributed by atoms with E-state index in [4.69, 9.17) is 4.74 Å². The first-order valence-electron chi connectivity index (χ1n) is 8.85. The zero-order valence-electron chi connectivity index (χ0n) is 15.9. The molecule has 3 aromatic rings. The first-order chi connectivity index (χ1) is 14.0. The molecule has 2 N–H and O–H groups in total. The largest absolute Gasteiger partial charge is 0.484 e. The maximum atomic E-state index is 12.3. The fourth-order valence-electron chi connectivity index (χ4n) is 2.21. The van der Waals surface area contributed by atoms with Gasteiger partial charge in [-0.25, -0.2) is 0 Å². The van der Waals surface area contributed by atoms with Gasteiger partial charge in [-0.2, -0.15) is 0 Å². The topological polar surface area (TPSA) is 93.2 Å². The average Bonchev–Trinajstić information content (AvgIpc) is 3.15. The number of hydrogen-bond donors (Lipinski definition) is 2. The number of nitrogens with one attached hydrogen (secondary N) is 2. The summed E-state index contributed by atoms with van der Waals surface area (Å²) in [6.07, 6.45) is 0. The normalized spacial score (nSPS) is 11.5. The highest BCUT2D eigenvalue weighted by molar-refractivity contribution is 8.02. The lowest BCUT2D eigenvalue weighted by molar-refractivity contribution is -0.118. The van der Waals surface area contributed by atoms with Crippen molar-refractivity contribution in [3.05, 3.63) is 60.2 Å². The quantitative estimate of drug-likeness (QED) is 0.416. The van der Waals surface area contributed by atoms with Crippen molar-refractivity contribution in [3.8, 4) is 5.75 Å². The van der Waals surface area contributed by atoms with Crippen LogP contribution in [-0.2, 0) is 9.59 Å². The Morgan fingerprint density at radius 2 is 1.79 bits per heavy atom. The molecule has 0 saturated heterocycles. The second kappa shape index (κ2) is 10.0. The molecule has 2 amide bonds. The minimum atomic E-state index is -0.366. The van der Waals surface area contributed by atoms with E-state index in [1.165, 1.54) is 23.1 Å². The van der Waals surface area contributed by atoms with Gasteiger partial charge in [0.05, 0.1) is 5.25 Å². The molecular formula is C20H20N4O3S2. The van der Waals surface area contributed by atoms with Crippen molar-refractivity contribution in [1.82, 2.24) is 10.2 Å². The lowest BCUT2D eigenvalue weighted by Crippen LogP contribution is -2.22. The molecule has 2 aromatic carbocycles. The second-order valence-corrected chi connectivity index (χ2v) is 8.70. The van der Waals surface area contributed by atoms with Gasteiger partial charge in [0.2, 0.25) is 11.0 Å². The predicted molar refractivity (Wildman–Crippen MR) is 116 cm³/mol. The molecule has 0 radical (unpaired) electrons. The molecule has 1 heterocycles. The molecule has 1 aromatic heterocycles. The lowest BCUT2D eigenvalue weighted by atomic mass is 10.2. The van der Waals surface area contributed by atoms with Gasteiger partial charge in [0.15, 0.2) is 10.9 Å². The minimum Gasteiger partial charge on any atom is -0.484 e. The zero-order valence-corrected chi connectivity index (χ0v) is 17.5. The third-order valence-corrected chi connectivity index (χ3v) is 5.75. The minimum absolute atomic E-state index is 0.124. The summed E-state index contributed by atoms with van der Waals surface area (Å²) in [5, 5.41) is 13.5. The average molecular weight is 429 g/mol. The van der Waals surface area contributed by atoms with Crippen LogP contribution in [0.15, 0.2) is 58.9 Å². The molecule has 0 fully saturated rings. The fourth-order valence-corrected chi connectivity index (χ4v) is 4.13. The Labute approximate surface area is 176 Å². The molecule has 3 rings (SSSR count). The van der Waals surface area contributed by atoms with E-state index in [2.05, 4.69) is 20.8 Å². The number of rotatable bonds is 8. The van der Waals surface area contributed by atoms with Crippen molar-refractivity contribution >= 4 is 45.7 Å². The van der Waals surface area contributed by atoms with Crippen LogP contribution >= 0.6 is 23.1 Å². The van der Waals surface area contributed by atoms with E-state index >= 15 is 0 Å². The number of aromatic nitrogens is 2. The Morgan fingerprint density at radius 1 is 1.07 bits per heavy atom. The number of carbonyl (C=O) groups is 2. The molecule has 1 atom stereocenters. The molecular weight excluding hydrogens is 408 g/mol. The van der Waals surface area contributed by atoms with Crippen LogP contribution in [0.25, 0.3) is 0 Å². The summed E-state index contributed by atoms with van der Waals surface area (Å²) in [6.45, 7) is 3.66. The third-order valence-electron chi connectivity index (χ3n) is 3.73. The van der Waals surface area contributed by atoms with E-state index in [-0.39, 0.29) is 23.7 Å². The number of nitrogens with zero attached hydrogens (tertiary/aromatic N) is 2. The van der Waals surface area contributed by atoms with E-state index in [0.29, 0.717) is 15.2 Å². The van der Waals surface area contributed by atoms with Crippen LogP contribution in [0.5, 0.6) is 5.75 Å². The van der Waals surface area contributed by atoms with E-state index in [1.54, 1.807) is 19.1 Å². The van der Waals surface area contributed by atoms with Crippen LogP contribution in [0.2, 0.25) is 0 Å². The highest BCUT2D eigenvalue weighted by Crippen LogP contribution is 2.29. The second-order valence-electron chi connectivity index (χ2n) is 6.14. The number of anilines is 2. The van der Waals surface area contributed by atoms with Gasteiger partial charge >= 0.3 is 0 Å². The Hall–Kier alpha value is -2.91. The summed E-state index contributed by atoms with van der Waals surface area (Å²) >= 11 is 2.49. The van der Waals surface area contributed by atoms with Crippen molar-refractivity contribution in [1.29, 1.82) is 0 Å². The molecule has 0 aliphatic rings. The van der Waals surface area contributed by atoms with Crippen molar-refractivity contribution in [2.75, 3.05) is 17.2 Å². The van der Waals surface area contributed by atoms with E-state index in [0.717, 1.165) is 11.3 Å². The van der Waals surface area contributed by atoms with Crippen molar-refractivity contribution in [2.24, 2.45) is 0 Å². The molecule has 0 aliphatic carbocycles. The SMILES string of the molecule is Cc1ccc(NC(=O)C(C)Sc2nnc(NC(=O)COc3ccccc3)s2)cc1. The number of thioether (sulfide) groups is 1. The van der Waals surface area contributed by atoms with E-state index in [9.17, 15) is 9.59 Å². The molecule has 7 nitrogen and oxygen atoms in total. The lowest BCUT2D eigenvalue weighted by Gasteiger charge is -2.10. The molecule has 1 unspecified atom stereocenters. The third kappa shape index (κ3) is 6.58. The van der Waals surface area contributed by atoms with Crippen LogP contribution < -0.4 is 15.4 Å². The number of carbonyl (C=O) groups excluding carboxylic acids is 2. The molecule has 0 aliphatic heterocycles. The maximum absolute atomic E-state index is 12.3. The van der Waals surface area contributed by atoms with Gasteiger partial charge in [0, 0.05) is 5.69 Å². The summed E-state index contributed by atoms with van der Waals surface area (Å²) in [4.78, 5) is 24.3. The van der Waals surface area contributed by atoms with Crippen molar-refractivity contribution in [2.45, 2.75) is 23.4 Å². The summed E-state index contributed by atoms with van der Waals surface area (Å²) in [6, 6.07) is 16.7. The molecule has 0 bridgehead atoms. The monoisotopic (exact) mass is 428 g/mol. The fraction of sp³-hybridized carbons (Fsp3) is 0.200. The van der Waals surface area contributed by atoms with E-state index < -0.39 is 0 Å². The summed E-state index contributed by atoms with van der Waals surface area (Å²) < 4.78 is 5.99. The zero-order chi connectivity index (χ0) is 20.6. The van der Waals surface area contributed by atoms with Crippen LogP contribution in [0.4, 0.5) is 10.8 Å². The van der Waals surface area contributed by atoms with E-state index in [1.807, 2.05) is 49.4 Å². The van der Waals surface area contributed by atoms with Crippen LogP contribution in [0, 0.1) is 6.92 Å². The van der Waals surface area contributed by atoms with Gasteiger partial charge in [-0.1, -0.05) is 59.0 Å².